The maximum Gasteiger partial charge on any atom is 0.203 e. The number of ketones is 2. The van der Waals surface area contributed by atoms with Gasteiger partial charge in [-0.2, -0.15) is 0 Å². The lowest BCUT2D eigenvalue weighted by molar-refractivity contribution is -0.128. The first-order valence-corrected chi connectivity index (χ1v) is 14.8. The van der Waals surface area contributed by atoms with Crippen molar-refractivity contribution >= 4 is 23.2 Å². The number of rotatable bonds is 10. The van der Waals surface area contributed by atoms with E-state index in [1.165, 1.54) is 12.1 Å². The second-order valence-electron chi connectivity index (χ2n) is 13.2. The average molecular weight is 599 g/mol. The molecule has 1 aliphatic heterocycles. The minimum absolute atomic E-state index is 0.0213. The zero-order valence-electron chi connectivity index (χ0n) is 24.3. The molecule has 9 heteroatoms. The molecule has 1 saturated carbocycles. The van der Waals surface area contributed by atoms with Crippen molar-refractivity contribution in [2.45, 2.75) is 82.8 Å². The summed E-state index contributed by atoms with van der Waals surface area (Å²) in [6.07, 6.45) is 3.77. The molecule has 42 heavy (non-hydrogen) atoms. The van der Waals surface area contributed by atoms with E-state index in [0.717, 1.165) is 30.5 Å². The minimum atomic E-state index is -0.798. The van der Waals surface area contributed by atoms with Gasteiger partial charge < -0.3 is 9.63 Å². The quantitative estimate of drug-likeness (QED) is 0.249. The third-order valence-electron chi connectivity index (χ3n) is 8.97. The van der Waals surface area contributed by atoms with E-state index in [0.29, 0.717) is 43.4 Å². The first kappa shape index (κ1) is 30.5. The number of aromatic nitrogens is 1. The lowest BCUT2D eigenvalue weighted by Crippen LogP contribution is -2.62. The Balaban J connectivity index is 1.31. The number of hydrogen-bond acceptors (Lipinski definition) is 6. The van der Waals surface area contributed by atoms with E-state index in [1.807, 2.05) is 39.0 Å². The minimum Gasteiger partial charge on any atom is -0.390 e. The number of aliphatic hydroxyl groups is 1. The summed E-state index contributed by atoms with van der Waals surface area (Å²) < 4.78 is 33.0. The summed E-state index contributed by atoms with van der Waals surface area (Å²) in [6.45, 7) is 7.07. The molecule has 2 aromatic carbocycles. The zero-order chi connectivity index (χ0) is 30.3. The first-order chi connectivity index (χ1) is 19.7. The van der Waals surface area contributed by atoms with Crippen LogP contribution in [0.4, 0.5) is 8.78 Å². The SMILES string of the molecule is CC1(O)CCC(N2CC(CC(=O)CC(C)(C)c3cccc(Cl)c3)(CC(=O)c3cc(-c4ccc(F)cc4F)no3)C2)CC1. The molecule has 224 valence electrons. The summed E-state index contributed by atoms with van der Waals surface area (Å²) in [5, 5.41) is 14.9. The number of likely N-dealkylation sites (tertiary alicyclic amines) is 1. The number of carbonyl (C=O) groups excluding carboxylic acids is 2. The van der Waals surface area contributed by atoms with Crippen LogP contribution in [0.1, 0.15) is 81.8 Å². The van der Waals surface area contributed by atoms with Crippen molar-refractivity contribution in [3.63, 3.8) is 0 Å². The third-order valence-corrected chi connectivity index (χ3v) is 9.21. The van der Waals surface area contributed by atoms with Gasteiger partial charge >= 0.3 is 0 Å². The van der Waals surface area contributed by atoms with Crippen LogP contribution in [0.2, 0.25) is 5.02 Å². The molecule has 1 aliphatic carbocycles. The Kier molecular flexibility index (Phi) is 8.45. The molecule has 6 nitrogen and oxygen atoms in total. The molecule has 2 fully saturated rings. The van der Waals surface area contributed by atoms with Gasteiger partial charge in [-0.3, -0.25) is 14.5 Å². The van der Waals surface area contributed by atoms with Crippen molar-refractivity contribution in [1.82, 2.24) is 10.1 Å². The van der Waals surface area contributed by atoms with Crippen LogP contribution in [0.15, 0.2) is 53.1 Å². The fourth-order valence-electron chi connectivity index (χ4n) is 6.59. The van der Waals surface area contributed by atoms with Crippen molar-refractivity contribution in [3.8, 4) is 11.3 Å². The van der Waals surface area contributed by atoms with Gasteiger partial charge in [-0.1, -0.05) is 42.7 Å². The monoisotopic (exact) mass is 598 g/mol. The van der Waals surface area contributed by atoms with Gasteiger partial charge in [-0.05, 0) is 67.9 Å². The molecule has 1 saturated heterocycles. The first-order valence-electron chi connectivity index (χ1n) is 14.4. The normalized spacial score (nSPS) is 22.5. The van der Waals surface area contributed by atoms with Crippen molar-refractivity contribution in [1.29, 1.82) is 0 Å². The van der Waals surface area contributed by atoms with Gasteiger partial charge in [0.2, 0.25) is 11.5 Å². The molecule has 0 atom stereocenters. The van der Waals surface area contributed by atoms with E-state index in [4.69, 9.17) is 16.1 Å². The molecule has 3 aromatic rings. The Hall–Kier alpha value is -2.94. The Morgan fingerprint density at radius 3 is 2.48 bits per heavy atom. The largest absolute Gasteiger partial charge is 0.390 e. The molecular formula is C33H37ClF2N2O4. The van der Waals surface area contributed by atoms with Crippen LogP contribution in [-0.4, -0.2) is 51.5 Å². The van der Waals surface area contributed by atoms with Crippen LogP contribution in [-0.2, 0) is 10.2 Å². The van der Waals surface area contributed by atoms with Gasteiger partial charge in [0, 0.05) is 66.5 Å². The predicted molar refractivity (Wildman–Crippen MR) is 156 cm³/mol. The standard InChI is InChI=1S/C33H37ClF2N2O4/c1-31(2,21-5-4-6-22(34)13-21)16-25(39)17-33(19-38(20-33)24-9-11-32(3,41)12-10-24)18-29(40)30-15-28(37-42-30)26-8-7-23(35)14-27(26)36/h4-8,13-15,24,41H,9-12,16-20H2,1-3H3. The van der Waals surface area contributed by atoms with E-state index >= 15 is 0 Å². The lowest BCUT2D eigenvalue weighted by atomic mass is 9.68. The Bertz CT molecular complexity index is 1470. The molecule has 0 unspecified atom stereocenters. The van der Waals surface area contributed by atoms with Crippen molar-refractivity contribution in [3.05, 3.63) is 76.5 Å². The van der Waals surface area contributed by atoms with Crippen LogP contribution in [0.25, 0.3) is 11.3 Å². The Morgan fingerprint density at radius 1 is 1.10 bits per heavy atom. The van der Waals surface area contributed by atoms with Gasteiger partial charge in [-0.15, -0.1) is 0 Å². The fourth-order valence-corrected chi connectivity index (χ4v) is 6.78. The van der Waals surface area contributed by atoms with Crippen molar-refractivity contribution < 1.29 is 28.0 Å². The highest BCUT2D eigenvalue weighted by Gasteiger charge is 2.49. The summed E-state index contributed by atoms with van der Waals surface area (Å²) in [5.41, 5.74) is -0.550. The van der Waals surface area contributed by atoms with Gasteiger partial charge in [0.15, 0.2) is 0 Å². The van der Waals surface area contributed by atoms with Crippen molar-refractivity contribution in [2.24, 2.45) is 5.41 Å². The summed E-state index contributed by atoms with van der Waals surface area (Å²) in [6, 6.07) is 12.3. The van der Waals surface area contributed by atoms with Crippen LogP contribution in [0.3, 0.4) is 0 Å². The number of Topliss-reactive ketones (excluding diaryl/α,β-unsaturated/α-hetero) is 2. The smallest absolute Gasteiger partial charge is 0.203 e. The highest BCUT2D eigenvalue weighted by Crippen LogP contribution is 2.44. The van der Waals surface area contributed by atoms with E-state index in [-0.39, 0.29) is 41.4 Å². The molecule has 2 aliphatic rings. The van der Waals surface area contributed by atoms with Gasteiger partial charge in [-0.25, -0.2) is 8.78 Å². The van der Waals surface area contributed by atoms with E-state index in [2.05, 4.69) is 10.1 Å². The molecule has 0 radical (unpaired) electrons. The summed E-state index contributed by atoms with van der Waals surface area (Å²) >= 11 is 6.21. The molecule has 0 amide bonds. The molecule has 5 rings (SSSR count). The molecule has 0 spiro atoms. The van der Waals surface area contributed by atoms with Crippen LogP contribution in [0, 0.1) is 17.0 Å². The Morgan fingerprint density at radius 2 is 1.81 bits per heavy atom. The van der Waals surface area contributed by atoms with Gasteiger partial charge in [0.25, 0.3) is 0 Å². The molecular weight excluding hydrogens is 562 g/mol. The fraction of sp³-hybridized carbons (Fsp3) is 0.485. The van der Waals surface area contributed by atoms with E-state index < -0.39 is 28.1 Å². The Labute approximate surface area is 250 Å². The molecule has 0 bridgehead atoms. The predicted octanol–water partition coefficient (Wildman–Crippen LogP) is 7.17. The van der Waals surface area contributed by atoms with Gasteiger partial charge in [0.05, 0.1) is 5.60 Å². The maximum atomic E-state index is 14.3. The number of carbonyl (C=O) groups is 2. The number of benzene rings is 2. The van der Waals surface area contributed by atoms with Crippen LogP contribution in [0.5, 0.6) is 0 Å². The highest BCUT2D eigenvalue weighted by molar-refractivity contribution is 6.30. The second-order valence-corrected chi connectivity index (χ2v) is 13.7. The average Bonchev–Trinajstić information content (AvgIpc) is 3.37. The van der Waals surface area contributed by atoms with Crippen LogP contribution < -0.4 is 0 Å². The van der Waals surface area contributed by atoms with Crippen LogP contribution >= 0.6 is 11.6 Å². The summed E-state index contributed by atoms with van der Waals surface area (Å²) in [5.74, 6) is -1.79. The maximum absolute atomic E-state index is 14.3. The molecule has 2 heterocycles. The van der Waals surface area contributed by atoms with Crippen molar-refractivity contribution in [2.75, 3.05) is 13.1 Å². The second kappa shape index (κ2) is 11.6. The zero-order valence-corrected chi connectivity index (χ0v) is 25.0. The third kappa shape index (κ3) is 6.82. The van der Waals surface area contributed by atoms with E-state index in [9.17, 15) is 23.5 Å². The summed E-state index contributed by atoms with van der Waals surface area (Å²) in [4.78, 5) is 29.3. The highest BCUT2D eigenvalue weighted by atomic mass is 35.5. The summed E-state index contributed by atoms with van der Waals surface area (Å²) in [7, 11) is 0. The van der Waals surface area contributed by atoms with E-state index in [1.54, 1.807) is 6.07 Å². The number of hydrogen-bond donors (Lipinski definition) is 1. The number of halogens is 3. The molecule has 1 N–H and O–H groups in total. The molecule has 1 aromatic heterocycles. The number of nitrogens with zero attached hydrogens (tertiary/aromatic N) is 2. The van der Waals surface area contributed by atoms with Gasteiger partial charge in [0.1, 0.15) is 23.1 Å². The topological polar surface area (TPSA) is 83.6 Å². The lowest BCUT2D eigenvalue weighted by Gasteiger charge is -2.54.